The average molecular weight is 417 g/mol. The summed E-state index contributed by atoms with van der Waals surface area (Å²) in [5.74, 6) is -0.524. The van der Waals surface area contributed by atoms with Gasteiger partial charge in [0.25, 0.3) is 0 Å². The zero-order valence-electron chi connectivity index (χ0n) is 17.4. The molecule has 2 aromatic carbocycles. The highest BCUT2D eigenvalue weighted by molar-refractivity contribution is 6.05. The molecule has 0 amide bonds. The zero-order valence-corrected chi connectivity index (χ0v) is 17.4. The van der Waals surface area contributed by atoms with Crippen LogP contribution in [0, 0.1) is 0 Å². The molecule has 1 aliphatic heterocycles. The first-order chi connectivity index (χ1) is 15.1. The highest BCUT2D eigenvalue weighted by Gasteiger charge is 2.28. The molecule has 158 valence electrons. The molecule has 1 heterocycles. The molecule has 2 aliphatic rings. The maximum absolute atomic E-state index is 12.5. The van der Waals surface area contributed by atoms with Gasteiger partial charge in [-0.1, -0.05) is 30.3 Å². The van der Waals surface area contributed by atoms with Crippen molar-refractivity contribution in [1.29, 1.82) is 0 Å². The van der Waals surface area contributed by atoms with Crippen LogP contribution < -0.4 is 9.64 Å². The first-order valence-electron chi connectivity index (χ1n) is 10.0. The van der Waals surface area contributed by atoms with Crippen LogP contribution in [0.15, 0.2) is 84.2 Å². The third-order valence-electron chi connectivity index (χ3n) is 5.36. The lowest BCUT2D eigenvalue weighted by Crippen LogP contribution is -2.26. The summed E-state index contributed by atoms with van der Waals surface area (Å²) in [4.78, 5) is 26.4. The minimum atomic E-state index is -0.639. The van der Waals surface area contributed by atoms with Crippen molar-refractivity contribution in [3.63, 3.8) is 0 Å². The average Bonchev–Trinajstić information content (AvgIpc) is 3.08. The van der Waals surface area contributed by atoms with Gasteiger partial charge in [0.15, 0.2) is 0 Å². The van der Waals surface area contributed by atoms with Crippen LogP contribution in [0.5, 0.6) is 5.75 Å². The number of allylic oxidation sites excluding steroid dienone is 2. The lowest BCUT2D eigenvalue weighted by atomic mass is 10.1. The third-order valence-corrected chi connectivity index (χ3v) is 5.36. The summed E-state index contributed by atoms with van der Waals surface area (Å²) >= 11 is 0. The lowest BCUT2D eigenvalue weighted by Gasteiger charge is -2.23. The fourth-order valence-electron chi connectivity index (χ4n) is 3.86. The summed E-state index contributed by atoms with van der Waals surface area (Å²) in [5.41, 5.74) is 3.43. The fourth-order valence-corrected chi connectivity index (χ4v) is 3.86. The van der Waals surface area contributed by atoms with Crippen molar-refractivity contribution in [2.75, 3.05) is 19.1 Å². The van der Waals surface area contributed by atoms with E-state index in [0.29, 0.717) is 5.69 Å². The predicted octanol–water partition coefficient (Wildman–Crippen LogP) is 4.24. The summed E-state index contributed by atoms with van der Waals surface area (Å²) in [6, 6.07) is 15.7. The SMILES string of the molecule is COC(=O)C1=C(C(=O)OC)N(c2ccc(OC3CCc4ccccc43)cc2)C=CC=C1. The highest BCUT2D eigenvalue weighted by atomic mass is 16.5. The Morgan fingerprint density at radius 1 is 0.935 bits per heavy atom. The van der Waals surface area contributed by atoms with Gasteiger partial charge in [0.05, 0.1) is 19.8 Å². The molecule has 0 fully saturated rings. The molecular formula is C25H23NO5. The van der Waals surface area contributed by atoms with Gasteiger partial charge in [-0.05, 0) is 60.4 Å². The van der Waals surface area contributed by atoms with Gasteiger partial charge in [0.2, 0.25) is 0 Å². The molecule has 4 rings (SSSR count). The number of hydrogen-bond acceptors (Lipinski definition) is 6. The van der Waals surface area contributed by atoms with Gasteiger partial charge < -0.3 is 19.1 Å². The molecular weight excluding hydrogens is 394 g/mol. The topological polar surface area (TPSA) is 65.1 Å². The Hall–Kier alpha value is -3.80. The maximum atomic E-state index is 12.5. The summed E-state index contributed by atoms with van der Waals surface area (Å²) in [5, 5.41) is 0. The first-order valence-corrected chi connectivity index (χ1v) is 10.0. The minimum absolute atomic E-state index is 0.0285. The quantitative estimate of drug-likeness (QED) is 0.678. The number of nitrogens with zero attached hydrogens (tertiary/aromatic N) is 1. The smallest absolute Gasteiger partial charge is 0.355 e. The van der Waals surface area contributed by atoms with E-state index < -0.39 is 11.9 Å². The van der Waals surface area contributed by atoms with E-state index in [0.717, 1.165) is 18.6 Å². The number of carbonyl (C=O) groups is 2. The van der Waals surface area contributed by atoms with E-state index in [9.17, 15) is 9.59 Å². The van der Waals surface area contributed by atoms with Crippen LogP contribution >= 0.6 is 0 Å². The molecule has 0 spiro atoms. The first kappa shape index (κ1) is 20.5. The molecule has 0 saturated carbocycles. The van der Waals surface area contributed by atoms with E-state index in [1.165, 1.54) is 31.4 Å². The van der Waals surface area contributed by atoms with Crippen molar-refractivity contribution in [1.82, 2.24) is 0 Å². The molecule has 0 bridgehead atoms. The van der Waals surface area contributed by atoms with E-state index in [2.05, 4.69) is 18.2 Å². The number of ether oxygens (including phenoxy) is 3. The second kappa shape index (κ2) is 8.92. The zero-order chi connectivity index (χ0) is 21.8. The molecule has 1 atom stereocenters. The van der Waals surface area contributed by atoms with Gasteiger partial charge in [-0.25, -0.2) is 9.59 Å². The number of anilines is 1. The monoisotopic (exact) mass is 417 g/mol. The van der Waals surface area contributed by atoms with Gasteiger partial charge in [-0.3, -0.25) is 0 Å². The van der Waals surface area contributed by atoms with Crippen molar-refractivity contribution in [3.8, 4) is 5.75 Å². The lowest BCUT2D eigenvalue weighted by molar-refractivity contribution is -0.139. The maximum Gasteiger partial charge on any atom is 0.355 e. The Labute approximate surface area is 181 Å². The highest BCUT2D eigenvalue weighted by Crippen LogP contribution is 2.35. The van der Waals surface area contributed by atoms with Gasteiger partial charge in [-0.2, -0.15) is 0 Å². The Kier molecular flexibility index (Phi) is 5.89. The van der Waals surface area contributed by atoms with Gasteiger partial charge >= 0.3 is 11.9 Å². The summed E-state index contributed by atoms with van der Waals surface area (Å²) in [6.45, 7) is 0. The Morgan fingerprint density at radius 3 is 2.42 bits per heavy atom. The molecule has 6 heteroatoms. The normalized spacial score (nSPS) is 17.2. The Morgan fingerprint density at radius 2 is 1.68 bits per heavy atom. The third kappa shape index (κ3) is 4.10. The Balaban J connectivity index is 1.61. The second-order valence-electron chi connectivity index (χ2n) is 7.15. The van der Waals surface area contributed by atoms with E-state index in [4.69, 9.17) is 14.2 Å². The van der Waals surface area contributed by atoms with Crippen LogP contribution in [0.2, 0.25) is 0 Å². The van der Waals surface area contributed by atoms with Crippen molar-refractivity contribution >= 4 is 17.6 Å². The van der Waals surface area contributed by atoms with Crippen LogP contribution in [-0.4, -0.2) is 26.2 Å². The number of fused-ring (bicyclic) bond motifs is 1. The summed E-state index contributed by atoms with van der Waals surface area (Å²) in [7, 11) is 2.55. The molecule has 0 aromatic heterocycles. The van der Waals surface area contributed by atoms with Crippen molar-refractivity contribution in [2.45, 2.75) is 18.9 Å². The number of hydrogen-bond donors (Lipinski definition) is 0. The molecule has 6 nitrogen and oxygen atoms in total. The minimum Gasteiger partial charge on any atom is -0.486 e. The molecule has 0 N–H and O–H groups in total. The molecule has 2 aromatic rings. The standard InChI is InChI=1S/C25H23NO5/c1-29-24(27)21-9-5-6-16-26(23(21)25(28)30-2)18-11-13-19(14-12-18)31-22-15-10-17-7-3-4-8-20(17)22/h3-9,11-14,16,22H,10,15H2,1-2H3. The summed E-state index contributed by atoms with van der Waals surface area (Å²) in [6.07, 6.45) is 8.61. The largest absolute Gasteiger partial charge is 0.486 e. The van der Waals surface area contributed by atoms with E-state index in [-0.39, 0.29) is 17.4 Å². The molecule has 31 heavy (non-hydrogen) atoms. The van der Waals surface area contributed by atoms with Gasteiger partial charge in [-0.15, -0.1) is 0 Å². The van der Waals surface area contributed by atoms with Crippen molar-refractivity contribution < 1.29 is 23.8 Å². The van der Waals surface area contributed by atoms with Crippen LogP contribution in [0.1, 0.15) is 23.7 Å². The van der Waals surface area contributed by atoms with E-state index in [1.807, 2.05) is 30.3 Å². The predicted molar refractivity (Wildman–Crippen MR) is 116 cm³/mol. The number of rotatable bonds is 5. The number of carbonyl (C=O) groups excluding carboxylic acids is 2. The molecule has 1 aliphatic carbocycles. The van der Waals surface area contributed by atoms with Crippen LogP contribution in [0.4, 0.5) is 5.69 Å². The van der Waals surface area contributed by atoms with Gasteiger partial charge in [0.1, 0.15) is 17.6 Å². The molecule has 1 unspecified atom stereocenters. The van der Waals surface area contributed by atoms with Crippen molar-refractivity contribution in [2.24, 2.45) is 0 Å². The number of benzene rings is 2. The molecule has 0 radical (unpaired) electrons. The summed E-state index contributed by atoms with van der Waals surface area (Å²) < 4.78 is 16.0. The van der Waals surface area contributed by atoms with E-state index >= 15 is 0 Å². The fraction of sp³-hybridized carbons (Fsp3) is 0.200. The number of esters is 2. The van der Waals surface area contributed by atoms with E-state index in [1.54, 1.807) is 23.3 Å². The van der Waals surface area contributed by atoms with Gasteiger partial charge in [0, 0.05) is 11.9 Å². The van der Waals surface area contributed by atoms with Crippen LogP contribution in [0.3, 0.4) is 0 Å². The Bertz CT molecular complexity index is 1080. The van der Waals surface area contributed by atoms with Crippen LogP contribution in [0.25, 0.3) is 0 Å². The number of methoxy groups -OCH3 is 2. The second-order valence-corrected chi connectivity index (χ2v) is 7.15. The van der Waals surface area contributed by atoms with Crippen LogP contribution in [-0.2, 0) is 25.5 Å². The number of aryl methyl sites for hydroxylation is 1. The van der Waals surface area contributed by atoms with Crippen molar-refractivity contribution in [3.05, 3.63) is 95.4 Å². The molecule has 0 saturated heterocycles.